The fraction of sp³-hybridized carbons (Fsp3) is 0.512. The molecule has 0 aliphatic heterocycles. The third kappa shape index (κ3) is 16.0. The maximum atomic E-state index is 13.0. The van der Waals surface area contributed by atoms with E-state index in [4.69, 9.17) is 17.7 Å². The first-order valence-corrected chi connectivity index (χ1v) is 20.9. The summed E-state index contributed by atoms with van der Waals surface area (Å²) in [6.45, 7) is 3.56. The predicted molar refractivity (Wildman–Crippen MR) is 229 cm³/mol. The van der Waals surface area contributed by atoms with E-state index in [-0.39, 0.29) is 121 Å². The van der Waals surface area contributed by atoms with Gasteiger partial charge in [0.05, 0.1) is 27.5 Å². The highest BCUT2D eigenvalue weighted by atomic mass is 16.5. The van der Waals surface area contributed by atoms with Crippen molar-refractivity contribution >= 4 is 61.1 Å². The zero-order chi connectivity index (χ0) is 45.6. The highest BCUT2D eigenvalue weighted by molar-refractivity contribution is 6.19. The maximum absolute atomic E-state index is 13.0. The lowest BCUT2D eigenvalue weighted by Crippen LogP contribution is -2.47. The van der Waals surface area contributed by atoms with Crippen molar-refractivity contribution in [3.63, 3.8) is 0 Å². The number of carbonyl (C=O) groups excluding carboxylic acids is 8. The maximum Gasteiger partial charge on any atom is 0.407 e. The van der Waals surface area contributed by atoms with Crippen molar-refractivity contribution < 1.29 is 53.0 Å². The molecule has 334 valence electrons. The van der Waals surface area contributed by atoms with Crippen LogP contribution in [-0.2, 0) is 43.1 Å². The van der Waals surface area contributed by atoms with E-state index in [2.05, 4.69) is 16.0 Å². The van der Waals surface area contributed by atoms with Gasteiger partial charge in [-0.3, -0.25) is 38.4 Å². The van der Waals surface area contributed by atoms with Crippen LogP contribution in [0.25, 0.3) is 11.1 Å². The Morgan fingerprint density at radius 2 is 1.03 bits per heavy atom. The second kappa shape index (κ2) is 26.2. The van der Waals surface area contributed by atoms with E-state index < -0.39 is 55.1 Å². The lowest BCUT2D eigenvalue weighted by Gasteiger charge is -2.24. The van der Waals surface area contributed by atoms with E-state index in [1.54, 1.807) is 20.8 Å². The molecule has 1 aliphatic rings. The first kappa shape index (κ1) is 50.1. The second-order valence-corrected chi connectivity index (χ2v) is 14.5. The van der Waals surface area contributed by atoms with Gasteiger partial charge in [-0.1, -0.05) is 69.3 Å². The molecule has 0 atom stereocenters. The van der Waals surface area contributed by atoms with Crippen LogP contribution in [0.15, 0.2) is 48.5 Å². The fourth-order valence-electron chi connectivity index (χ4n) is 6.95. The number of rotatable bonds is 27. The molecule has 62 heavy (non-hydrogen) atoms. The molecule has 0 aromatic heterocycles. The normalized spacial score (nSPS) is 11.3. The molecule has 2 aromatic carbocycles. The molecule has 4 N–H and O–H groups in total. The van der Waals surface area contributed by atoms with E-state index in [0.29, 0.717) is 0 Å². The fourth-order valence-corrected chi connectivity index (χ4v) is 6.95. The Balaban J connectivity index is 1.41. The summed E-state index contributed by atoms with van der Waals surface area (Å²) in [5.74, 6) is -4.25. The number of ether oxygens (including phenoxy) is 1. The monoisotopic (exact) mass is 859 g/mol. The first-order chi connectivity index (χ1) is 29.7. The van der Waals surface area contributed by atoms with Crippen molar-refractivity contribution in [1.29, 1.82) is 0 Å². The van der Waals surface area contributed by atoms with Gasteiger partial charge in [-0.2, -0.15) is 0 Å². The molecule has 0 spiro atoms. The Morgan fingerprint density at radius 1 is 0.597 bits per heavy atom. The number of Topliss-reactive ketones (excluding diaryl/α,β-unsaturated/α-hetero) is 1. The van der Waals surface area contributed by atoms with E-state index in [0.717, 1.165) is 32.1 Å². The number of alkyl carbamates (subject to hydrolysis) is 1. The standard InChI is InChI=1S/C43H58BN7O11/c1-4-38(55)48(26-36(53)45-17-21-50(41(58)24-44)27-37(54)46-18-22-51(28-42(59)60)40(57)6-3)20-11-12-30(52)25-49(39(56)5-2)23-19-47-43(61)62-29-35-33-15-9-7-13-31(33)32-14-8-10-16-34(32)35/h7-10,13-16,35H,4-6,11-12,17-29H2,1-3H3,(H,45,53)(H,46,54)(H,47,61)(H,59,60). The topological polar surface area (TPSA) is 232 Å². The van der Waals surface area contributed by atoms with Gasteiger partial charge in [-0.25, -0.2) is 4.79 Å². The Labute approximate surface area is 363 Å². The van der Waals surface area contributed by atoms with E-state index >= 15 is 0 Å². The number of ketones is 1. The lowest BCUT2D eigenvalue weighted by molar-refractivity contribution is -0.144. The summed E-state index contributed by atoms with van der Waals surface area (Å²) in [4.78, 5) is 117. The average molecular weight is 860 g/mol. The molecule has 3 rings (SSSR count). The van der Waals surface area contributed by atoms with E-state index in [1.165, 1.54) is 9.80 Å². The van der Waals surface area contributed by atoms with Crippen molar-refractivity contribution in [3.8, 4) is 11.1 Å². The van der Waals surface area contributed by atoms with Gasteiger partial charge in [0, 0.05) is 77.4 Å². The summed E-state index contributed by atoms with van der Waals surface area (Å²) < 4.78 is 5.58. The molecular formula is C43H58BN7O11. The van der Waals surface area contributed by atoms with Crippen LogP contribution in [0.4, 0.5) is 4.79 Å². The zero-order valence-electron chi connectivity index (χ0n) is 35.8. The molecule has 0 bridgehead atoms. The van der Waals surface area contributed by atoms with Crippen LogP contribution in [0.2, 0.25) is 6.32 Å². The molecule has 18 nitrogen and oxygen atoms in total. The number of hydrogen-bond acceptors (Lipinski definition) is 10. The zero-order valence-corrected chi connectivity index (χ0v) is 35.8. The quantitative estimate of drug-likeness (QED) is 0.0937. The number of carboxylic acid groups (broad SMARTS) is 1. The third-order valence-electron chi connectivity index (χ3n) is 10.1. The minimum atomic E-state index is -1.20. The number of carboxylic acids is 1. The first-order valence-electron chi connectivity index (χ1n) is 20.9. The molecular weight excluding hydrogens is 801 g/mol. The predicted octanol–water partition coefficient (Wildman–Crippen LogP) is 1.32. The molecule has 7 amide bonds. The number of fused-ring (bicyclic) bond motifs is 3. The summed E-state index contributed by atoms with van der Waals surface area (Å²) in [6, 6.07) is 16.0. The summed E-state index contributed by atoms with van der Waals surface area (Å²) >= 11 is 0. The summed E-state index contributed by atoms with van der Waals surface area (Å²) in [6.07, 6.45) is -0.462. The van der Waals surface area contributed by atoms with E-state index in [9.17, 15) is 43.2 Å². The van der Waals surface area contributed by atoms with Crippen molar-refractivity contribution in [2.24, 2.45) is 0 Å². The largest absolute Gasteiger partial charge is 0.480 e. The molecule has 2 aromatic rings. The minimum absolute atomic E-state index is 0.0210. The molecule has 19 heteroatoms. The van der Waals surface area contributed by atoms with Gasteiger partial charge in [-0.05, 0) is 35.0 Å². The number of benzene rings is 2. The van der Waals surface area contributed by atoms with Crippen molar-refractivity contribution in [2.45, 2.75) is 65.1 Å². The number of hydrogen-bond donors (Lipinski definition) is 4. The number of carbonyl (C=O) groups is 9. The van der Waals surface area contributed by atoms with Crippen LogP contribution in [-0.4, -0.2) is 164 Å². The Hall–Kier alpha value is -6.27. The molecule has 0 saturated heterocycles. The number of nitrogens with one attached hydrogen (secondary N) is 3. The van der Waals surface area contributed by atoms with Crippen LogP contribution < -0.4 is 16.0 Å². The molecule has 0 unspecified atom stereocenters. The van der Waals surface area contributed by atoms with Gasteiger partial charge < -0.3 is 45.4 Å². The van der Waals surface area contributed by atoms with Crippen molar-refractivity contribution in [1.82, 2.24) is 35.6 Å². The molecule has 1 aliphatic carbocycles. The molecule has 0 fully saturated rings. The van der Waals surface area contributed by atoms with Crippen LogP contribution >= 0.6 is 0 Å². The Kier molecular flexibility index (Phi) is 21.1. The van der Waals surface area contributed by atoms with Crippen LogP contribution in [0, 0.1) is 0 Å². The van der Waals surface area contributed by atoms with Gasteiger partial charge >= 0.3 is 12.1 Å². The number of amides is 7. The summed E-state index contributed by atoms with van der Waals surface area (Å²) in [5, 5.41) is 16.9. The second-order valence-electron chi connectivity index (χ2n) is 14.5. The highest BCUT2D eigenvalue weighted by Crippen LogP contribution is 2.44. The average Bonchev–Trinajstić information content (AvgIpc) is 3.58. The number of nitrogens with zero attached hydrogens (tertiary/aromatic N) is 4. The number of aliphatic carboxylic acids is 1. The lowest BCUT2D eigenvalue weighted by atomic mass is 9.98. The van der Waals surface area contributed by atoms with Crippen molar-refractivity contribution in [3.05, 3.63) is 59.7 Å². The van der Waals surface area contributed by atoms with Gasteiger partial charge in [0.25, 0.3) is 0 Å². The van der Waals surface area contributed by atoms with Gasteiger partial charge in [0.2, 0.25) is 35.4 Å². The SMILES string of the molecule is [B]CC(=O)N(CCNC(=O)CN(CCCC(=O)CN(CCNC(=O)OCC1c2ccccc2-c2ccccc21)C(=O)CC)C(=O)CC)CC(=O)NCCN(CC(=O)O)C(=O)CC. The molecule has 2 radical (unpaired) electrons. The summed E-state index contributed by atoms with van der Waals surface area (Å²) in [7, 11) is 5.51. The molecule has 0 saturated carbocycles. The summed E-state index contributed by atoms with van der Waals surface area (Å²) in [5.41, 5.74) is 4.38. The Bertz CT molecular complexity index is 1870. The third-order valence-corrected chi connectivity index (χ3v) is 10.1. The smallest absolute Gasteiger partial charge is 0.407 e. The minimum Gasteiger partial charge on any atom is -0.480 e. The molecule has 0 heterocycles. The highest BCUT2D eigenvalue weighted by Gasteiger charge is 2.29. The van der Waals surface area contributed by atoms with Crippen LogP contribution in [0.3, 0.4) is 0 Å². The Morgan fingerprint density at radius 3 is 1.50 bits per heavy atom. The van der Waals surface area contributed by atoms with Gasteiger partial charge in [0.1, 0.15) is 13.2 Å². The van der Waals surface area contributed by atoms with Gasteiger partial charge in [-0.15, -0.1) is 0 Å². The van der Waals surface area contributed by atoms with Gasteiger partial charge in [0.15, 0.2) is 5.78 Å². The van der Waals surface area contributed by atoms with Crippen LogP contribution in [0.1, 0.15) is 69.9 Å². The van der Waals surface area contributed by atoms with Crippen LogP contribution in [0.5, 0.6) is 0 Å². The van der Waals surface area contributed by atoms with Crippen molar-refractivity contribution in [2.75, 3.05) is 78.6 Å². The van der Waals surface area contributed by atoms with E-state index in [1.807, 2.05) is 48.5 Å².